The predicted molar refractivity (Wildman–Crippen MR) is 74.6 cm³/mol. The zero-order valence-electron chi connectivity index (χ0n) is 10.7. The van der Waals surface area contributed by atoms with Crippen LogP contribution in [0.25, 0.3) is 0 Å². The van der Waals surface area contributed by atoms with Crippen LogP contribution >= 0.6 is 11.8 Å². The van der Waals surface area contributed by atoms with Gasteiger partial charge in [0.2, 0.25) is 0 Å². The van der Waals surface area contributed by atoms with Crippen molar-refractivity contribution in [2.24, 2.45) is 0 Å². The molecule has 0 amide bonds. The number of rotatable bonds is 4. The van der Waals surface area contributed by atoms with Gasteiger partial charge >= 0.3 is 5.51 Å². The van der Waals surface area contributed by atoms with E-state index in [0.717, 1.165) is 11.3 Å². The average Bonchev–Trinajstić information content (AvgIpc) is 2.40. The molecule has 1 atom stereocenters. The molecule has 6 heteroatoms. The summed E-state index contributed by atoms with van der Waals surface area (Å²) < 4.78 is 36.6. The van der Waals surface area contributed by atoms with Crippen LogP contribution in [0, 0.1) is 0 Å². The Morgan fingerprint density at radius 1 is 1.15 bits per heavy atom. The molecule has 0 saturated carbocycles. The van der Waals surface area contributed by atoms with Gasteiger partial charge in [-0.1, -0.05) is 6.07 Å². The highest BCUT2D eigenvalue weighted by molar-refractivity contribution is 8.00. The summed E-state index contributed by atoms with van der Waals surface area (Å²) in [5.74, 6) is 0. The highest BCUT2D eigenvalue weighted by atomic mass is 32.2. The van der Waals surface area contributed by atoms with Crippen molar-refractivity contribution in [3.63, 3.8) is 0 Å². The quantitative estimate of drug-likeness (QED) is 0.815. The summed E-state index contributed by atoms with van der Waals surface area (Å²) in [4.78, 5) is 4.21. The van der Waals surface area contributed by atoms with Gasteiger partial charge in [-0.25, -0.2) is 0 Å². The molecule has 0 radical (unpaired) electrons. The van der Waals surface area contributed by atoms with Crippen molar-refractivity contribution < 1.29 is 13.2 Å². The summed E-state index contributed by atoms with van der Waals surface area (Å²) in [7, 11) is 0. The van der Waals surface area contributed by atoms with Gasteiger partial charge in [0.1, 0.15) is 0 Å². The second kappa shape index (κ2) is 6.17. The number of hydrogen-bond donors (Lipinski definition) is 1. The van der Waals surface area contributed by atoms with E-state index in [4.69, 9.17) is 0 Å². The van der Waals surface area contributed by atoms with Gasteiger partial charge in [-0.05, 0) is 54.6 Å². The first-order valence-electron chi connectivity index (χ1n) is 5.96. The first kappa shape index (κ1) is 14.7. The number of alkyl halides is 3. The molecule has 0 aliphatic heterocycles. The maximum absolute atomic E-state index is 12.2. The van der Waals surface area contributed by atoms with Crippen LogP contribution in [0.15, 0.2) is 53.7 Å². The van der Waals surface area contributed by atoms with Crippen molar-refractivity contribution >= 4 is 17.4 Å². The van der Waals surface area contributed by atoms with E-state index in [-0.39, 0.29) is 22.7 Å². The molecule has 1 heterocycles. The summed E-state index contributed by atoms with van der Waals surface area (Å²) in [5, 5.41) is 3.22. The van der Waals surface area contributed by atoms with Crippen molar-refractivity contribution in [1.82, 2.24) is 4.98 Å². The SMILES string of the molecule is CC(Nc1ccc(SC(F)(F)F)cc1)c1cccnc1. The molecule has 0 aliphatic rings. The number of aromatic nitrogens is 1. The molecule has 0 aliphatic carbocycles. The zero-order valence-corrected chi connectivity index (χ0v) is 11.5. The number of hydrogen-bond acceptors (Lipinski definition) is 3. The predicted octanol–water partition coefficient (Wildman–Crippen LogP) is 4.87. The van der Waals surface area contributed by atoms with Crippen molar-refractivity contribution in [1.29, 1.82) is 0 Å². The topological polar surface area (TPSA) is 24.9 Å². The first-order chi connectivity index (χ1) is 9.44. The molecule has 2 rings (SSSR count). The largest absolute Gasteiger partial charge is 0.446 e. The molecule has 1 unspecified atom stereocenters. The van der Waals surface area contributed by atoms with Gasteiger partial charge in [-0.2, -0.15) is 13.2 Å². The monoisotopic (exact) mass is 298 g/mol. The van der Waals surface area contributed by atoms with Crippen molar-refractivity contribution in [2.45, 2.75) is 23.4 Å². The van der Waals surface area contributed by atoms with Gasteiger partial charge in [0.25, 0.3) is 0 Å². The fourth-order valence-electron chi connectivity index (χ4n) is 1.72. The van der Waals surface area contributed by atoms with Crippen LogP contribution < -0.4 is 5.32 Å². The molecule has 1 N–H and O–H groups in total. The Morgan fingerprint density at radius 3 is 2.40 bits per heavy atom. The average molecular weight is 298 g/mol. The first-order valence-corrected chi connectivity index (χ1v) is 6.78. The Morgan fingerprint density at radius 2 is 1.85 bits per heavy atom. The maximum atomic E-state index is 12.2. The highest BCUT2D eigenvalue weighted by Crippen LogP contribution is 2.37. The number of anilines is 1. The van der Waals surface area contributed by atoms with Gasteiger partial charge in [0, 0.05) is 23.0 Å². The lowest BCUT2D eigenvalue weighted by atomic mass is 10.1. The third kappa shape index (κ3) is 4.45. The van der Waals surface area contributed by atoms with E-state index in [1.54, 1.807) is 24.5 Å². The van der Waals surface area contributed by atoms with Crippen LogP contribution in [0.4, 0.5) is 18.9 Å². The van der Waals surface area contributed by atoms with E-state index in [0.29, 0.717) is 0 Å². The minimum atomic E-state index is -4.25. The Balaban J connectivity index is 2.00. The fourth-order valence-corrected chi connectivity index (χ4v) is 2.26. The molecule has 0 bridgehead atoms. The van der Waals surface area contributed by atoms with Gasteiger partial charge < -0.3 is 5.32 Å². The van der Waals surface area contributed by atoms with Crippen molar-refractivity contribution in [2.75, 3.05) is 5.32 Å². The molecule has 0 saturated heterocycles. The summed E-state index contributed by atoms with van der Waals surface area (Å²) in [6.07, 6.45) is 3.45. The Labute approximate surface area is 119 Å². The van der Waals surface area contributed by atoms with Gasteiger partial charge in [0.15, 0.2) is 0 Å². The van der Waals surface area contributed by atoms with E-state index in [2.05, 4.69) is 10.3 Å². The third-order valence-corrected chi connectivity index (χ3v) is 3.39. The molecule has 20 heavy (non-hydrogen) atoms. The molecule has 0 fully saturated rings. The fraction of sp³-hybridized carbons (Fsp3) is 0.214. The van der Waals surface area contributed by atoms with Gasteiger partial charge in [-0.3, -0.25) is 4.98 Å². The molecule has 0 spiro atoms. The minimum Gasteiger partial charge on any atom is -0.378 e. The molecule has 1 aromatic heterocycles. The van der Waals surface area contributed by atoms with Crippen molar-refractivity contribution in [3.05, 3.63) is 54.4 Å². The second-order valence-electron chi connectivity index (χ2n) is 4.22. The highest BCUT2D eigenvalue weighted by Gasteiger charge is 2.28. The lowest BCUT2D eigenvalue weighted by Gasteiger charge is -2.15. The van der Waals surface area contributed by atoms with E-state index in [1.165, 1.54) is 12.1 Å². The number of pyridine rings is 1. The van der Waals surface area contributed by atoms with Gasteiger partial charge in [0.05, 0.1) is 6.04 Å². The van der Waals surface area contributed by atoms with Crippen LogP contribution in [0.5, 0.6) is 0 Å². The minimum absolute atomic E-state index is 0.0322. The third-order valence-electron chi connectivity index (χ3n) is 2.66. The summed E-state index contributed by atoms with van der Waals surface area (Å²) in [6, 6.07) is 10.0. The molecular formula is C14H13F3N2S. The number of nitrogens with one attached hydrogen (secondary N) is 1. The maximum Gasteiger partial charge on any atom is 0.446 e. The van der Waals surface area contributed by atoms with E-state index in [9.17, 15) is 13.2 Å². The standard InChI is InChI=1S/C14H13F3N2S/c1-10(11-3-2-8-18-9-11)19-12-4-6-13(7-5-12)20-14(15,16)17/h2-10,19H,1H3. The summed E-state index contributed by atoms with van der Waals surface area (Å²) in [6.45, 7) is 1.97. The smallest absolute Gasteiger partial charge is 0.378 e. The molecular weight excluding hydrogens is 285 g/mol. The van der Waals surface area contributed by atoms with Crippen LogP contribution in [0.1, 0.15) is 18.5 Å². The zero-order chi connectivity index (χ0) is 14.6. The number of halogens is 3. The molecule has 2 nitrogen and oxygen atoms in total. The van der Waals surface area contributed by atoms with E-state index in [1.807, 2.05) is 19.1 Å². The molecule has 1 aromatic carbocycles. The van der Waals surface area contributed by atoms with Crippen LogP contribution in [0.3, 0.4) is 0 Å². The summed E-state index contributed by atoms with van der Waals surface area (Å²) >= 11 is -0.113. The Hall–Kier alpha value is -1.69. The van der Waals surface area contributed by atoms with E-state index >= 15 is 0 Å². The molecule has 2 aromatic rings. The van der Waals surface area contributed by atoms with E-state index < -0.39 is 5.51 Å². The summed E-state index contributed by atoms with van der Waals surface area (Å²) in [5.41, 5.74) is -2.47. The Bertz CT molecular complexity index is 541. The van der Waals surface area contributed by atoms with Crippen LogP contribution in [0.2, 0.25) is 0 Å². The van der Waals surface area contributed by atoms with Gasteiger partial charge in [-0.15, -0.1) is 0 Å². The lowest BCUT2D eigenvalue weighted by molar-refractivity contribution is -0.0328. The van der Waals surface area contributed by atoms with Crippen LogP contribution in [-0.2, 0) is 0 Å². The number of thioether (sulfide) groups is 1. The normalized spacial score (nSPS) is 13.0. The second-order valence-corrected chi connectivity index (χ2v) is 5.36. The van der Waals surface area contributed by atoms with Crippen LogP contribution in [-0.4, -0.2) is 10.5 Å². The van der Waals surface area contributed by atoms with Crippen molar-refractivity contribution in [3.8, 4) is 0 Å². The lowest BCUT2D eigenvalue weighted by Crippen LogP contribution is -2.06. The number of benzene rings is 1. The molecule has 106 valence electrons. The number of nitrogens with zero attached hydrogens (tertiary/aromatic N) is 1. The Kier molecular flexibility index (Phi) is 4.54.